The molecule has 6 nitrogen and oxygen atoms in total. The Morgan fingerprint density at radius 1 is 1.30 bits per heavy atom. The Balaban J connectivity index is 0.00000147. The van der Waals surface area contributed by atoms with Crippen LogP contribution < -0.4 is 15.2 Å². The summed E-state index contributed by atoms with van der Waals surface area (Å²) in [5.41, 5.74) is 5.59. The molecule has 2 aliphatic heterocycles. The van der Waals surface area contributed by atoms with Crippen LogP contribution in [0.5, 0.6) is 11.5 Å². The topological polar surface area (TPSA) is 81.9 Å². The molecule has 20 heavy (non-hydrogen) atoms. The minimum Gasteiger partial charge on any atom is -0.454 e. The Hall–Kier alpha value is -1.02. The fourth-order valence-corrected chi connectivity index (χ4v) is 3.94. The van der Waals surface area contributed by atoms with Gasteiger partial charge in [0.25, 0.3) is 0 Å². The van der Waals surface area contributed by atoms with E-state index in [1.807, 2.05) is 0 Å². The molecule has 0 aliphatic carbocycles. The Morgan fingerprint density at radius 3 is 2.75 bits per heavy atom. The second-order valence-corrected chi connectivity index (χ2v) is 6.71. The quantitative estimate of drug-likeness (QED) is 0.891. The number of halogens is 1. The van der Waals surface area contributed by atoms with Crippen LogP contribution in [0, 0.1) is 5.92 Å². The third-order valence-corrected chi connectivity index (χ3v) is 5.42. The van der Waals surface area contributed by atoms with Crippen molar-refractivity contribution in [1.82, 2.24) is 4.31 Å². The molecule has 0 aromatic heterocycles. The first-order valence-electron chi connectivity index (χ1n) is 6.21. The smallest absolute Gasteiger partial charge is 0.243 e. The van der Waals surface area contributed by atoms with Gasteiger partial charge in [0.2, 0.25) is 16.8 Å². The summed E-state index contributed by atoms with van der Waals surface area (Å²) in [7, 11) is -3.46. The summed E-state index contributed by atoms with van der Waals surface area (Å²) >= 11 is 0. The van der Waals surface area contributed by atoms with Gasteiger partial charge in [0.1, 0.15) is 0 Å². The molecule has 112 valence electrons. The van der Waals surface area contributed by atoms with Crippen LogP contribution in [0.4, 0.5) is 0 Å². The van der Waals surface area contributed by atoms with Crippen molar-refractivity contribution in [2.75, 3.05) is 26.4 Å². The van der Waals surface area contributed by atoms with Crippen molar-refractivity contribution in [1.29, 1.82) is 0 Å². The van der Waals surface area contributed by atoms with Gasteiger partial charge in [0.15, 0.2) is 11.5 Å². The Morgan fingerprint density at radius 2 is 2.05 bits per heavy atom. The summed E-state index contributed by atoms with van der Waals surface area (Å²) < 4.78 is 36.9. The number of hydrogen-bond donors (Lipinski definition) is 1. The Bertz CT molecular complexity index is 593. The summed E-state index contributed by atoms with van der Waals surface area (Å²) in [6, 6.07) is 4.71. The first-order chi connectivity index (χ1) is 9.11. The zero-order valence-corrected chi connectivity index (χ0v) is 12.5. The second-order valence-electron chi connectivity index (χ2n) is 4.77. The molecule has 0 amide bonds. The predicted molar refractivity (Wildman–Crippen MR) is 75.7 cm³/mol. The van der Waals surface area contributed by atoms with Crippen LogP contribution in [0.3, 0.4) is 0 Å². The maximum absolute atomic E-state index is 12.5. The van der Waals surface area contributed by atoms with E-state index in [-0.39, 0.29) is 30.0 Å². The van der Waals surface area contributed by atoms with Crippen molar-refractivity contribution in [3.05, 3.63) is 18.2 Å². The molecule has 3 rings (SSSR count). The number of nitrogens with zero attached hydrogens (tertiary/aromatic N) is 1. The van der Waals surface area contributed by atoms with E-state index in [1.54, 1.807) is 12.1 Å². The molecule has 1 fully saturated rings. The van der Waals surface area contributed by atoms with E-state index < -0.39 is 10.0 Å². The minimum absolute atomic E-state index is 0. The molecular weight excluding hydrogens is 304 g/mol. The zero-order chi connectivity index (χ0) is 13.5. The van der Waals surface area contributed by atoms with Crippen LogP contribution in [0.2, 0.25) is 0 Å². The van der Waals surface area contributed by atoms with Crippen LogP contribution in [0.15, 0.2) is 23.1 Å². The van der Waals surface area contributed by atoms with Gasteiger partial charge < -0.3 is 15.2 Å². The monoisotopic (exact) mass is 320 g/mol. The third-order valence-electron chi connectivity index (χ3n) is 3.56. The molecular formula is C12H17ClN2O4S. The minimum atomic E-state index is -3.46. The highest BCUT2D eigenvalue weighted by atomic mass is 35.5. The van der Waals surface area contributed by atoms with E-state index in [0.717, 1.165) is 6.42 Å². The number of sulfonamides is 1. The van der Waals surface area contributed by atoms with Gasteiger partial charge in [-0.15, -0.1) is 12.4 Å². The highest BCUT2D eigenvalue weighted by Crippen LogP contribution is 2.35. The summed E-state index contributed by atoms with van der Waals surface area (Å²) in [5, 5.41) is 0. The SMILES string of the molecule is Cl.NCC1CCN(S(=O)(=O)c2ccc3c(c2)OCO3)C1. The van der Waals surface area contributed by atoms with Crippen molar-refractivity contribution in [2.45, 2.75) is 11.3 Å². The van der Waals surface area contributed by atoms with Crippen LogP contribution in [0.1, 0.15) is 6.42 Å². The van der Waals surface area contributed by atoms with E-state index in [1.165, 1.54) is 10.4 Å². The molecule has 1 aromatic carbocycles. The highest BCUT2D eigenvalue weighted by molar-refractivity contribution is 7.89. The molecule has 0 saturated carbocycles. The fraction of sp³-hybridized carbons (Fsp3) is 0.500. The molecule has 0 radical (unpaired) electrons. The van der Waals surface area contributed by atoms with E-state index in [9.17, 15) is 8.42 Å². The molecule has 1 saturated heterocycles. The van der Waals surface area contributed by atoms with Gasteiger partial charge in [-0.3, -0.25) is 0 Å². The van der Waals surface area contributed by atoms with Crippen molar-refractivity contribution in [3.63, 3.8) is 0 Å². The average molecular weight is 321 g/mol. The largest absolute Gasteiger partial charge is 0.454 e. The van der Waals surface area contributed by atoms with Gasteiger partial charge in [0, 0.05) is 19.2 Å². The first-order valence-corrected chi connectivity index (χ1v) is 7.65. The fourth-order valence-electron chi connectivity index (χ4n) is 2.39. The number of hydrogen-bond acceptors (Lipinski definition) is 5. The number of ether oxygens (including phenoxy) is 2. The summed E-state index contributed by atoms with van der Waals surface area (Å²) in [5.74, 6) is 1.32. The van der Waals surface area contributed by atoms with Gasteiger partial charge >= 0.3 is 0 Å². The molecule has 0 bridgehead atoms. The number of fused-ring (bicyclic) bond motifs is 1. The molecule has 1 aromatic rings. The Labute approximate surface area is 124 Å². The number of nitrogens with two attached hydrogens (primary N) is 1. The van der Waals surface area contributed by atoms with Gasteiger partial charge in [0.05, 0.1) is 4.90 Å². The molecule has 2 N–H and O–H groups in total. The van der Waals surface area contributed by atoms with E-state index in [4.69, 9.17) is 15.2 Å². The maximum Gasteiger partial charge on any atom is 0.243 e. The molecule has 8 heteroatoms. The lowest BCUT2D eigenvalue weighted by molar-refractivity contribution is 0.174. The Kier molecular flexibility index (Phi) is 4.43. The average Bonchev–Trinajstić information content (AvgIpc) is 3.06. The summed E-state index contributed by atoms with van der Waals surface area (Å²) in [6.45, 7) is 1.68. The van der Waals surface area contributed by atoms with Gasteiger partial charge in [-0.2, -0.15) is 4.31 Å². The maximum atomic E-state index is 12.5. The lowest BCUT2D eigenvalue weighted by Gasteiger charge is -2.16. The van der Waals surface area contributed by atoms with Crippen molar-refractivity contribution in [3.8, 4) is 11.5 Å². The van der Waals surface area contributed by atoms with Gasteiger partial charge in [-0.25, -0.2) is 8.42 Å². The summed E-state index contributed by atoms with van der Waals surface area (Å²) in [6.07, 6.45) is 0.820. The van der Waals surface area contributed by atoms with E-state index in [0.29, 0.717) is 31.1 Å². The van der Waals surface area contributed by atoms with Crippen molar-refractivity contribution in [2.24, 2.45) is 11.7 Å². The predicted octanol–water partition coefficient (Wildman–Crippen LogP) is 0.806. The normalized spacial score (nSPS) is 21.8. The lowest BCUT2D eigenvalue weighted by Crippen LogP contribution is -2.30. The van der Waals surface area contributed by atoms with Crippen LogP contribution >= 0.6 is 12.4 Å². The standard InChI is InChI=1S/C12H16N2O4S.ClH/c13-6-9-3-4-14(7-9)19(15,16)10-1-2-11-12(5-10)18-8-17-11;/h1-2,5,9H,3-4,6-8,13H2;1H. The summed E-state index contributed by atoms with van der Waals surface area (Å²) in [4.78, 5) is 0.245. The van der Waals surface area contributed by atoms with Crippen LogP contribution in [0.25, 0.3) is 0 Å². The zero-order valence-electron chi connectivity index (χ0n) is 10.8. The lowest BCUT2D eigenvalue weighted by atomic mass is 10.1. The molecule has 0 spiro atoms. The van der Waals surface area contributed by atoms with Crippen LogP contribution in [-0.2, 0) is 10.0 Å². The molecule has 2 heterocycles. The molecule has 1 atom stereocenters. The second kappa shape index (κ2) is 5.77. The van der Waals surface area contributed by atoms with Crippen molar-refractivity contribution >= 4 is 22.4 Å². The number of benzene rings is 1. The van der Waals surface area contributed by atoms with Gasteiger partial charge in [-0.05, 0) is 31.0 Å². The first kappa shape index (κ1) is 15.4. The highest BCUT2D eigenvalue weighted by Gasteiger charge is 2.32. The molecule has 2 aliphatic rings. The number of rotatable bonds is 3. The molecule has 1 unspecified atom stereocenters. The van der Waals surface area contributed by atoms with Crippen LogP contribution in [-0.4, -0.2) is 39.2 Å². The van der Waals surface area contributed by atoms with Crippen molar-refractivity contribution < 1.29 is 17.9 Å². The third kappa shape index (κ3) is 2.58. The van der Waals surface area contributed by atoms with E-state index in [2.05, 4.69) is 0 Å². The van der Waals surface area contributed by atoms with E-state index >= 15 is 0 Å². The van der Waals surface area contributed by atoms with Gasteiger partial charge in [-0.1, -0.05) is 0 Å².